The van der Waals surface area contributed by atoms with Gasteiger partial charge in [-0.1, -0.05) is 26.8 Å². The molecule has 1 heterocycles. The summed E-state index contributed by atoms with van der Waals surface area (Å²) < 4.78 is 11.7. The summed E-state index contributed by atoms with van der Waals surface area (Å²) in [6.45, 7) is 13.7. The monoisotopic (exact) mass is 327 g/mol. The normalized spacial score (nSPS) is 21.9. The van der Waals surface area contributed by atoms with Gasteiger partial charge in [0, 0.05) is 0 Å². The molecule has 7 heteroatoms. The number of hydrogen-bond donors (Lipinski definition) is 3. The van der Waals surface area contributed by atoms with Crippen LogP contribution in [-0.2, 0) is 14.0 Å². The lowest BCUT2D eigenvalue weighted by Crippen LogP contribution is -2.56. The van der Waals surface area contributed by atoms with E-state index in [0.717, 1.165) is 0 Å². The number of nitrogens with two attached hydrogens (primary N) is 1. The third-order valence-corrected chi connectivity index (χ3v) is 8.81. The number of carbonyl (C=O) groups is 1. The van der Waals surface area contributed by atoms with Crippen molar-refractivity contribution in [2.24, 2.45) is 5.84 Å². The number of carbonyl (C=O) groups excluding carboxylic acids is 1. The molecule has 0 aromatic carbocycles. The lowest BCUT2D eigenvalue weighted by molar-refractivity contribution is -0.125. The Morgan fingerprint density at radius 3 is 2.59 bits per heavy atom. The summed E-state index contributed by atoms with van der Waals surface area (Å²) in [6, 6.07) is 0. The molecule has 0 fully saturated rings. The lowest BCUT2D eigenvalue weighted by atomic mass is 9.99. The van der Waals surface area contributed by atoms with E-state index in [1.807, 2.05) is 0 Å². The Morgan fingerprint density at radius 2 is 2.05 bits per heavy atom. The topological polar surface area (TPSA) is 85.6 Å². The number of allylic oxidation sites excluding steroid dienone is 2. The first-order valence-electron chi connectivity index (χ1n) is 7.47. The Kier molecular flexibility index (Phi) is 5.83. The van der Waals surface area contributed by atoms with Gasteiger partial charge in [0.05, 0.1) is 6.61 Å². The van der Waals surface area contributed by atoms with E-state index in [1.54, 1.807) is 25.2 Å². The Labute approximate surface area is 134 Å². The number of dihydropyridines is 1. The lowest BCUT2D eigenvalue weighted by Gasteiger charge is -2.36. The number of nitrogens with one attached hydrogen (secondary N) is 2. The van der Waals surface area contributed by atoms with Crippen LogP contribution in [0, 0.1) is 0 Å². The first kappa shape index (κ1) is 18.7. The quantitative estimate of drug-likeness (QED) is 0.228. The molecule has 0 saturated heterocycles. The van der Waals surface area contributed by atoms with Gasteiger partial charge < -0.3 is 14.5 Å². The summed E-state index contributed by atoms with van der Waals surface area (Å²) in [4.78, 5) is 11.8. The van der Waals surface area contributed by atoms with Crippen LogP contribution in [-0.4, -0.2) is 33.0 Å². The largest absolute Gasteiger partial charge is 0.477 e. The summed E-state index contributed by atoms with van der Waals surface area (Å²) in [5.41, 5.74) is 1.24. The van der Waals surface area contributed by atoms with Crippen molar-refractivity contribution < 1.29 is 14.0 Å². The first-order chi connectivity index (χ1) is 10.0. The molecule has 0 spiro atoms. The van der Waals surface area contributed by atoms with Crippen LogP contribution in [0.15, 0.2) is 24.1 Å². The minimum absolute atomic E-state index is 0.176. The summed E-state index contributed by atoms with van der Waals surface area (Å²) in [5, 5.41) is 3.20. The molecule has 1 aliphatic rings. The fourth-order valence-corrected chi connectivity index (χ4v) is 2.73. The molecule has 1 unspecified atom stereocenters. The van der Waals surface area contributed by atoms with Crippen molar-refractivity contribution in [2.75, 3.05) is 13.2 Å². The van der Waals surface area contributed by atoms with Crippen LogP contribution in [0.1, 0.15) is 27.7 Å². The van der Waals surface area contributed by atoms with E-state index in [1.165, 1.54) is 0 Å². The standard InChI is InChI=1S/C15H29N3O3Si/c1-14(2,3)22(5,6)21-11-10-20-12-8-7-9-15(4,17-12)13(19)18-16/h7-9,17H,10-11,16H2,1-6H3,(H,18,19). The number of hydrogen-bond acceptors (Lipinski definition) is 5. The van der Waals surface area contributed by atoms with E-state index >= 15 is 0 Å². The predicted octanol–water partition coefficient (Wildman–Crippen LogP) is 1.77. The van der Waals surface area contributed by atoms with Gasteiger partial charge in [-0.25, -0.2) is 5.84 Å². The van der Waals surface area contributed by atoms with Gasteiger partial charge >= 0.3 is 0 Å². The minimum Gasteiger partial charge on any atom is -0.477 e. The fraction of sp³-hybridized carbons (Fsp3) is 0.667. The van der Waals surface area contributed by atoms with Crippen molar-refractivity contribution in [3.05, 3.63) is 24.1 Å². The van der Waals surface area contributed by atoms with Gasteiger partial charge in [0.15, 0.2) is 14.2 Å². The summed E-state index contributed by atoms with van der Waals surface area (Å²) in [6.07, 6.45) is 5.28. The zero-order chi connectivity index (χ0) is 17.0. The highest BCUT2D eigenvalue weighted by Crippen LogP contribution is 2.36. The average molecular weight is 328 g/mol. The molecule has 0 radical (unpaired) electrons. The molecular formula is C15H29N3O3Si. The van der Waals surface area contributed by atoms with Crippen molar-refractivity contribution in [3.63, 3.8) is 0 Å². The van der Waals surface area contributed by atoms with E-state index in [0.29, 0.717) is 19.1 Å². The van der Waals surface area contributed by atoms with Crippen LogP contribution in [0.3, 0.4) is 0 Å². The number of amides is 1. The van der Waals surface area contributed by atoms with Crippen LogP contribution in [0.5, 0.6) is 0 Å². The highest BCUT2D eigenvalue weighted by Gasteiger charge is 2.37. The van der Waals surface area contributed by atoms with Gasteiger partial charge in [0.1, 0.15) is 12.1 Å². The van der Waals surface area contributed by atoms with Crippen LogP contribution in [0.2, 0.25) is 18.1 Å². The molecular weight excluding hydrogens is 298 g/mol. The Balaban J connectivity index is 2.46. The van der Waals surface area contributed by atoms with E-state index < -0.39 is 13.9 Å². The second-order valence-corrected chi connectivity index (χ2v) is 12.0. The molecule has 1 rings (SSSR count). The summed E-state index contributed by atoms with van der Waals surface area (Å²) in [7, 11) is -1.76. The second-order valence-electron chi connectivity index (χ2n) is 7.15. The average Bonchev–Trinajstić information content (AvgIpc) is 2.41. The number of hydrazine groups is 1. The zero-order valence-corrected chi connectivity index (χ0v) is 15.4. The van der Waals surface area contributed by atoms with Gasteiger partial charge in [0.2, 0.25) is 0 Å². The third-order valence-electron chi connectivity index (χ3n) is 4.27. The van der Waals surface area contributed by atoms with Crippen LogP contribution >= 0.6 is 0 Å². The predicted molar refractivity (Wildman–Crippen MR) is 90.2 cm³/mol. The molecule has 0 aromatic heterocycles. The van der Waals surface area contributed by atoms with Gasteiger partial charge in [-0.2, -0.15) is 0 Å². The van der Waals surface area contributed by atoms with E-state index in [2.05, 4.69) is 44.6 Å². The Bertz CT molecular complexity index is 469. The maximum atomic E-state index is 11.8. The molecule has 4 N–H and O–H groups in total. The molecule has 0 aliphatic carbocycles. The Hall–Kier alpha value is -1.31. The molecule has 1 amide bonds. The molecule has 0 aromatic rings. The van der Waals surface area contributed by atoms with Crippen molar-refractivity contribution in [3.8, 4) is 0 Å². The molecule has 0 bridgehead atoms. The highest BCUT2D eigenvalue weighted by molar-refractivity contribution is 6.74. The number of ether oxygens (including phenoxy) is 1. The van der Waals surface area contributed by atoms with Gasteiger partial charge in [-0.15, -0.1) is 0 Å². The van der Waals surface area contributed by atoms with Crippen molar-refractivity contribution in [1.29, 1.82) is 0 Å². The maximum absolute atomic E-state index is 11.8. The molecule has 1 atom stereocenters. The molecule has 0 saturated carbocycles. The van der Waals surface area contributed by atoms with E-state index in [9.17, 15) is 4.79 Å². The van der Waals surface area contributed by atoms with Crippen molar-refractivity contribution in [2.45, 2.75) is 51.4 Å². The first-order valence-corrected chi connectivity index (χ1v) is 10.4. The molecule has 22 heavy (non-hydrogen) atoms. The fourth-order valence-electron chi connectivity index (χ4n) is 1.70. The third kappa shape index (κ3) is 4.59. The molecule has 126 valence electrons. The second kappa shape index (κ2) is 6.85. The zero-order valence-electron chi connectivity index (χ0n) is 14.4. The molecule has 1 aliphatic heterocycles. The van der Waals surface area contributed by atoms with Crippen LogP contribution < -0.4 is 16.6 Å². The summed E-state index contributed by atoms with van der Waals surface area (Å²) in [5.74, 6) is 5.41. The smallest absolute Gasteiger partial charge is 0.263 e. The van der Waals surface area contributed by atoms with Crippen LogP contribution in [0.25, 0.3) is 0 Å². The van der Waals surface area contributed by atoms with E-state index in [4.69, 9.17) is 15.0 Å². The van der Waals surface area contributed by atoms with Crippen molar-refractivity contribution >= 4 is 14.2 Å². The van der Waals surface area contributed by atoms with Gasteiger partial charge in [-0.3, -0.25) is 10.2 Å². The summed E-state index contributed by atoms with van der Waals surface area (Å²) >= 11 is 0. The number of rotatable bonds is 6. The van der Waals surface area contributed by atoms with Crippen molar-refractivity contribution in [1.82, 2.24) is 10.7 Å². The van der Waals surface area contributed by atoms with Gasteiger partial charge in [-0.05, 0) is 37.2 Å². The molecule has 6 nitrogen and oxygen atoms in total. The van der Waals surface area contributed by atoms with Crippen LogP contribution in [0.4, 0.5) is 0 Å². The minimum atomic E-state index is -1.76. The van der Waals surface area contributed by atoms with E-state index in [-0.39, 0.29) is 10.9 Å². The van der Waals surface area contributed by atoms with Gasteiger partial charge in [0.25, 0.3) is 5.91 Å². The SMILES string of the molecule is CC1(C(=O)NN)C=CC=C(OCCO[Si](C)(C)C(C)(C)C)N1. The maximum Gasteiger partial charge on any atom is 0.263 e. The highest BCUT2D eigenvalue weighted by atomic mass is 28.4. The Morgan fingerprint density at radius 1 is 1.41 bits per heavy atom.